The number of rotatable bonds is 3. The summed E-state index contributed by atoms with van der Waals surface area (Å²) in [4.78, 5) is 24.6. The number of aromatic nitrogens is 2. The lowest BCUT2D eigenvalue weighted by molar-refractivity contribution is 0.0722. The molecule has 1 saturated heterocycles. The first-order chi connectivity index (χ1) is 12.0. The lowest BCUT2D eigenvalue weighted by atomic mass is 10.2. The van der Waals surface area contributed by atoms with E-state index in [0.717, 1.165) is 30.9 Å². The van der Waals surface area contributed by atoms with Gasteiger partial charge < -0.3 is 9.72 Å². The van der Waals surface area contributed by atoms with Crippen LogP contribution in [0.5, 0.6) is 0 Å². The molecule has 5 nitrogen and oxygen atoms in total. The van der Waals surface area contributed by atoms with Gasteiger partial charge in [-0.15, -0.1) is 22.7 Å². The maximum absolute atomic E-state index is 12.3. The Morgan fingerprint density at radius 2 is 2.16 bits per heavy atom. The van der Waals surface area contributed by atoms with E-state index in [-0.39, 0.29) is 18.2 Å². The van der Waals surface area contributed by atoms with Crippen molar-refractivity contribution in [2.75, 3.05) is 6.54 Å². The van der Waals surface area contributed by atoms with Crippen LogP contribution in [0.3, 0.4) is 0 Å². The third kappa shape index (κ3) is 3.18. The first-order valence-corrected chi connectivity index (χ1v) is 10.2. The number of carbonyl (C=O) groups is 1. The minimum Gasteiger partial charge on any atom is -0.447 e. The Hall–Kier alpha value is -1.86. The third-order valence-corrected chi connectivity index (χ3v) is 6.57. The van der Waals surface area contributed by atoms with Crippen molar-refractivity contribution in [2.24, 2.45) is 0 Å². The highest BCUT2D eigenvalue weighted by Gasteiger charge is 2.33. The van der Waals surface area contributed by atoms with Crippen LogP contribution in [-0.4, -0.2) is 33.6 Å². The van der Waals surface area contributed by atoms with E-state index in [0.29, 0.717) is 0 Å². The topological polar surface area (TPSA) is 58.2 Å². The summed E-state index contributed by atoms with van der Waals surface area (Å²) in [6.45, 7) is 6.60. The van der Waals surface area contributed by atoms with E-state index in [2.05, 4.69) is 29.0 Å². The summed E-state index contributed by atoms with van der Waals surface area (Å²) in [5.74, 6) is 0.848. The summed E-state index contributed by atoms with van der Waals surface area (Å²) >= 11 is 3.59. The number of imidazole rings is 1. The van der Waals surface area contributed by atoms with Gasteiger partial charge >= 0.3 is 6.09 Å². The lowest BCUT2D eigenvalue weighted by Gasteiger charge is -2.23. The standard InChI is InChI=1S/C18H21N3O2S2/c1-10(2)23-18(22)21-6-4-5-13(21)17-19-9-12(20-17)14-8-16-15(25-14)7-11(3)24-16/h7-10,13H,4-6H2,1-3H3,(H,19,20). The van der Waals surface area contributed by atoms with Crippen LogP contribution in [0.15, 0.2) is 18.3 Å². The van der Waals surface area contributed by atoms with Gasteiger partial charge in [0.05, 0.1) is 28.9 Å². The quantitative estimate of drug-likeness (QED) is 0.672. The normalized spacial score (nSPS) is 17.8. The molecule has 0 aliphatic carbocycles. The van der Waals surface area contributed by atoms with Crippen molar-refractivity contribution in [3.63, 3.8) is 0 Å². The number of H-pyrrole nitrogens is 1. The second-order valence-electron chi connectivity index (χ2n) is 6.66. The van der Waals surface area contributed by atoms with Gasteiger partial charge in [-0.2, -0.15) is 0 Å². The van der Waals surface area contributed by atoms with E-state index in [4.69, 9.17) is 4.74 Å². The van der Waals surface area contributed by atoms with Crippen molar-refractivity contribution >= 4 is 38.2 Å². The first kappa shape index (κ1) is 16.6. The molecule has 1 atom stereocenters. The van der Waals surface area contributed by atoms with Crippen LogP contribution >= 0.6 is 22.7 Å². The van der Waals surface area contributed by atoms with E-state index in [1.807, 2.05) is 31.4 Å². The molecule has 0 spiro atoms. The van der Waals surface area contributed by atoms with Crippen molar-refractivity contribution in [3.05, 3.63) is 29.0 Å². The summed E-state index contributed by atoms with van der Waals surface area (Å²) in [5.41, 5.74) is 1.02. The number of thiophene rings is 2. The fourth-order valence-electron chi connectivity index (χ4n) is 3.26. The molecule has 1 aliphatic rings. The maximum Gasteiger partial charge on any atom is 0.410 e. The largest absolute Gasteiger partial charge is 0.447 e. The fraction of sp³-hybridized carbons (Fsp3) is 0.444. The first-order valence-electron chi connectivity index (χ1n) is 8.54. The average Bonchev–Trinajstić information content (AvgIpc) is 3.28. The minimum atomic E-state index is -0.248. The van der Waals surface area contributed by atoms with E-state index >= 15 is 0 Å². The molecule has 0 aromatic carbocycles. The molecular formula is C18H21N3O2S2. The average molecular weight is 376 g/mol. The lowest BCUT2D eigenvalue weighted by Crippen LogP contribution is -2.33. The molecule has 3 aromatic rings. The SMILES string of the molecule is Cc1cc2sc(-c3cnc(C4CCCN4C(=O)OC(C)C)[nH]3)cc2s1. The summed E-state index contributed by atoms with van der Waals surface area (Å²) in [5, 5.41) is 0. The second-order valence-corrected chi connectivity index (χ2v) is 9.03. The zero-order valence-corrected chi connectivity index (χ0v) is 16.2. The highest BCUT2D eigenvalue weighted by atomic mass is 32.1. The number of aryl methyl sites for hydroxylation is 1. The minimum absolute atomic E-state index is 0.0247. The van der Waals surface area contributed by atoms with Gasteiger partial charge in [-0.25, -0.2) is 9.78 Å². The molecule has 132 valence electrons. The van der Waals surface area contributed by atoms with E-state index in [9.17, 15) is 4.79 Å². The van der Waals surface area contributed by atoms with Crippen LogP contribution in [0.4, 0.5) is 4.79 Å². The Labute approximate surface area is 154 Å². The molecule has 4 rings (SSSR count). The number of nitrogens with one attached hydrogen (secondary N) is 1. The van der Waals surface area contributed by atoms with Gasteiger partial charge in [0.1, 0.15) is 5.82 Å². The highest BCUT2D eigenvalue weighted by molar-refractivity contribution is 7.29. The molecular weight excluding hydrogens is 354 g/mol. The van der Waals surface area contributed by atoms with Gasteiger partial charge in [-0.05, 0) is 45.7 Å². The summed E-state index contributed by atoms with van der Waals surface area (Å²) in [6, 6.07) is 4.42. The molecule has 25 heavy (non-hydrogen) atoms. The summed E-state index contributed by atoms with van der Waals surface area (Å²) < 4.78 is 8.00. The number of nitrogens with zero attached hydrogens (tertiary/aromatic N) is 2. The van der Waals surface area contributed by atoms with Crippen LogP contribution in [0.25, 0.3) is 20.0 Å². The number of fused-ring (bicyclic) bond motifs is 1. The molecule has 1 fully saturated rings. The molecule has 1 amide bonds. The van der Waals surface area contributed by atoms with Crippen molar-refractivity contribution in [1.82, 2.24) is 14.9 Å². The molecule has 1 N–H and O–H groups in total. The van der Waals surface area contributed by atoms with Gasteiger partial charge in [-0.1, -0.05) is 0 Å². The molecule has 1 aliphatic heterocycles. The Morgan fingerprint density at radius 1 is 1.36 bits per heavy atom. The van der Waals surface area contributed by atoms with Gasteiger partial charge in [0.25, 0.3) is 0 Å². The molecule has 0 bridgehead atoms. The molecule has 3 aromatic heterocycles. The van der Waals surface area contributed by atoms with Crippen LogP contribution in [-0.2, 0) is 4.74 Å². The molecule has 4 heterocycles. The maximum atomic E-state index is 12.3. The van der Waals surface area contributed by atoms with Gasteiger partial charge in [0, 0.05) is 20.8 Å². The Kier molecular flexibility index (Phi) is 4.29. The monoisotopic (exact) mass is 375 g/mol. The van der Waals surface area contributed by atoms with Crippen LogP contribution < -0.4 is 0 Å². The predicted molar refractivity (Wildman–Crippen MR) is 102 cm³/mol. The second kappa shape index (κ2) is 6.46. The Morgan fingerprint density at radius 3 is 2.92 bits per heavy atom. The summed E-state index contributed by atoms with van der Waals surface area (Å²) in [6.07, 6.45) is 3.41. The van der Waals surface area contributed by atoms with Gasteiger partial charge in [-0.3, -0.25) is 4.90 Å². The Bertz CT molecular complexity index is 877. The number of hydrogen-bond acceptors (Lipinski definition) is 5. The number of likely N-dealkylation sites (tertiary alicyclic amines) is 1. The van der Waals surface area contributed by atoms with Crippen molar-refractivity contribution in [3.8, 4) is 10.6 Å². The van der Waals surface area contributed by atoms with Crippen molar-refractivity contribution in [1.29, 1.82) is 0 Å². The highest BCUT2D eigenvalue weighted by Crippen LogP contribution is 2.38. The molecule has 0 saturated carbocycles. The smallest absolute Gasteiger partial charge is 0.410 e. The third-order valence-electron chi connectivity index (χ3n) is 4.33. The molecule has 1 unspecified atom stereocenters. The van der Waals surface area contributed by atoms with Crippen LogP contribution in [0.2, 0.25) is 0 Å². The van der Waals surface area contributed by atoms with E-state index < -0.39 is 0 Å². The van der Waals surface area contributed by atoms with E-state index in [1.165, 1.54) is 19.2 Å². The molecule has 0 radical (unpaired) electrons. The zero-order chi connectivity index (χ0) is 17.6. The van der Waals surface area contributed by atoms with E-state index in [1.54, 1.807) is 16.2 Å². The van der Waals surface area contributed by atoms with Gasteiger partial charge in [0.2, 0.25) is 0 Å². The predicted octanol–water partition coefficient (Wildman–Crippen LogP) is 5.34. The number of carbonyl (C=O) groups excluding carboxylic acids is 1. The number of amides is 1. The number of ether oxygens (including phenoxy) is 1. The van der Waals surface area contributed by atoms with Crippen LogP contribution in [0.1, 0.15) is 43.4 Å². The number of aromatic amines is 1. The fourth-order valence-corrected chi connectivity index (χ4v) is 5.54. The molecule has 7 heteroatoms. The zero-order valence-electron chi connectivity index (χ0n) is 14.5. The summed E-state index contributed by atoms with van der Waals surface area (Å²) in [7, 11) is 0. The number of hydrogen-bond donors (Lipinski definition) is 1. The van der Waals surface area contributed by atoms with Crippen LogP contribution in [0, 0.1) is 6.92 Å². The van der Waals surface area contributed by atoms with Crippen molar-refractivity contribution in [2.45, 2.75) is 45.8 Å². The van der Waals surface area contributed by atoms with Gasteiger partial charge in [0.15, 0.2) is 0 Å². The van der Waals surface area contributed by atoms with Crippen molar-refractivity contribution < 1.29 is 9.53 Å². The Balaban J connectivity index is 1.57.